The van der Waals surface area contributed by atoms with Gasteiger partial charge in [-0.05, 0) is 63.9 Å². The fourth-order valence-corrected chi connectivity index (χ4v) is 11.0. The Morgan fingerprint density at radius 3 is 1.20 bits per heavy atom. The second-order valence-corrected chi connectivity index (χ2v) is 26.1. The molecule has 3 atom stereocenters. The van der Waals surface area contributed by atoms with E-state index in [-0.39, 0.29) is 25.1 Å². The van der Waals surface area contributed by atoms with Gasteiger partial charge in [-0.1, -0.05) is 307 Å². The number of nitrogens with one attached hydrogen (secondary N) is 1. The van der Waals surface area contributed by atoms with E-state index in [1.54, 1.807) is 0 Å². The SMILES string of the molecule is CC/C=C/C/C=C/C/C=C/CCCCCCCCC(=O)NC(COP(=O)(O)OCC[N+](C)(C)C)C(/C=C\CCCCCCCCCCC)OC(=O)CCCCCCCCCCCCCCCCCCCCCCCCCCCCC. The van der Waals surface area contributed by atoms with E-state index < -0.39 is 20.0 Å². The summed E-state index contributed by atoms with van der Waals surface area (Å²) in [5.74, 6) is -0.507. The summed E-state index contributed by atoms with van der Waals surface area (Å²) in [6, 6.07) is -0.853. The number of rotatable bonds is 63. The summed E-state index contributed by atoms with van der Waals surface area (Å²) in [7, 11) is 1.50. The van der Waals surface area contributed by atoms with Gasteiger partial charge in [-0.15, -0.1) is 0 Å². The van der Waals surface area contributed by atoms with Gasteiger partial charge in [-0.3, -0.25) is 18.6 Å². The number of allylic oxidation sites excluding steroid dienone is 7. The van der Waals surface area contributed by atoms with Crippen LogP contribution < -0.4 is 5.32 Å². The fraction of sp³-hybridized carbons (Fsp3) is 0.857. The Morgan fingerprint density at radius 1 is 0.450 bits per heavy atom. The van der Waals surface area contributed by atoms with E-state index in [1.165, 1.54) is 212 Å². The van der Waals surface area contributed by atoms with Crippen molar-refractivity contribution in [1.82, 2.24) is 5.32 Å². The Hall–Kier alpha value is -2.03. The van der Waals surface area contributed by atoms with Crippen molar-refractivity contribution in [3.8, 4) is 0 Å². The number of carbonyl (C=O) groups excluding carboxylic acids is 2. The molecule has 2 N–H and O–H groups in total. The number of ether oxygens (including phenoxy) is 1. The van der Waals surface area contributed by atoms with Crippen LogP contribution >= 0.6 is 7.82 Å². The summed E-state index contributed by atoms with van der Waals surface area (Å²) in [5.41, 5.74) is 0. The maximum atomic E-state index is 13.5. The lowest BCUT2D eigenvalue weighted by atomic mass is 10.0. The molecule has 0 aromatic rings. The van der Waals surface area contributed by atoms with E-state index >= 15 is 0 Å². The first-order chi connectivity index (χ1) is 38.9. The van der Waals surface area contributed by atoms with Crippen LogP contribution in [0.4, 0.5) is 0 Å². The van der Waals surface area contributed by atoms with Gasteiger partial charge in [0.05, 0.1) is 33.8 Å². The van der Waals surface area contributed by atoms with E-state index in [4.69, 9.17) is 13.8 Å². The summed E-state index contributed by atoms with van der Waals surface area (Å²) in [5, 5.41) is 3.06. The van der Waals surface area contributed by atoms with Gasteiger partial charge in [0.1, 0.15) is 19.3 Å². The van der Waals surface area contributed by atoms with Crippen molar-refractivity contribution in [3.63, 3.8) is 0 Å². The molecule has 10 heteroatoms. The molecule has 0 spiro atoms. The minimum Gasteiger partial charge on any atom is -0.456 e. The lowest BCUT2D eigenvalue weighted by Crippen LogP contribution is -2.47. The predicted octanol–water partition coefficient (Wildman–Crippen LogP) is 21.6. The van der Waals surface area contributed by atoms with Crippen LogP contribution in [0, 0.1) is 0 Å². The largest absolute Gasteiger partial charge is 0.472 e. The van der Waals surface area contributed by atoms with E-state index in [0.29, 0.717) is 23.9 Å². The lowest BCUT2D eigenvalue weighted by Gasteiger charge is -2.27. The van der Waals surface area contributed by atoms with Crippen LogP contribution in [-0.4, -0.2) is 74.3 Å². The molecule has 0 aliphatic rings. The molecule has 0 radical (unpaired) electrons. The smallest absolute Gasteiger partial charge is 0.456 e. The molecule has 0 bridgehead atoms. The number of quaternary nitrogens is 1. The topological polar surface area (TPSA) is 111 Å². The van der Waals surface area contributed by atoms with Gasteiger partial charge in [0.25, 0.3) is 0 Å². The molecule has 0 saturated heterocycles. The van der Waals surface area contributed by atoms with Crippen LogP contribution in [0.1, 0.15) is 335 Å². The Bertz CT molecular complexity index is 1510. The van der Waals surface area contributed by atoms with Gasteiger partial charge in [0, 0.05) is 12.8 Å². The molecule has 1 amide bonds. The number of carbonyl (C=O) groups is 2. The van der Waals surface area contributed by atoms with Crippen LogP contribution in [0.5, 0.6) is 0 Å². The third-order valence-electron chi connectivity index (χ3n) is 15.5. The molecule has 0 fully saturated rings. The molecule has 0 heterocycles. The molecular weight excluding hydrogens is 1010 g/mol. The van der Waals surface area contributed by atoms with Gasteiger partial charge in [0.2, 0.25) is 5.91 Å². The van der Waals surface area contributed by atoms with Gasteiger partial charge in [-0.25, -0.2) is 4.57 Å². The van der Waals surface area contributed by atoms with Crippen molar-refractivity contribution in [2.75, 3.05) is 40.9 Å². The quantitative estimate of drug-likeness (QED) is 0.0205. The molecule has 80 heavy (non-hydrogen) atoms. The zero-order chi connectivity index (χ0) is 58.6. The lowest BCUT2D eigenvalue weighted by molar-refractivity contribution is -0.870. The Morgan fingerprint density at radius 2 is 0.800 bits per heavy atom. The highest BCUT2D eigenvalue weighted by Gasteiger charge is 2.30. The van der Waals surface area contributed by atoms with Crippen LogP contribution in [0.25, 0.3) is 0 Å². The first kappa shape index (κ1) is 78.0. The van der Waals surface area contributed by atoms with Crippen LogP contribution in [0.2, 0.25) is 0 Å². The highest BCUT2D eigenvalue weighted by Crippen LogP contribution is 2.43. The van der Waals surface area contributed by atoms with Crippen molar-refractivity contribution in [1.29, 1.82) is 0 Å². The highest BCUT2D eigenvalue weighted by atomic mass is 31.2. The number of phosphoric acid groups is 1. The fourth-order valence-electron chi connectivity index (χ4n) is 10.3. The molecule has 3 unspecified atom stereocenters. The standard InChI is InChI=1S/C70H133N2O7P/c1-7-10-13-16-19-22-25-27-29-31-32-33-34-35-36-37-38-39-40-41-43-45-48-51-54-57-60-63-70(74)79-68(61-58-55-52-49-46-24-21-18-15-12-9-3)67(66-78-80(75,76)77-65-64-72(4,5)6)71-69(73)62-59-56-53-50-47-44-42-30-28-26-23-20-17-14-11-8-2/h11,14,20,23,28,30,58,61,67-68H,7-10,12-13,15-19,21-22,24-27,29,31-57,59-60,62-66H2,1-6H3,(H-,71,73,75,76)/p+1/b14-11+,23-20+,30-28+,61-58-. The zero-order valence-electron chi connectivity index (χ0n) is 53.8. The molecule has 9 nitrogen and oxygen atoms in total. The molecule has 0 rings (SSSR count). The summed E-state index contributed by atoms with van der Waals surface area (Å²) in [6.45, 7) is 6.93. The van der Waals surface area contributed by atoms with Gasteiger partial charge in [-0.2, -0.15) is 0 Å². The summed E-state index contributed by atoms with van der Waals surface area (Å²) < 4.78 is 30.7. The van der Waals surface area contributed by atoms with E-state index in [9.17, 15) is 19.0 Å². The number of unbranched alkanes of at least 4 members (excludes halogenated alkanes) is 41. The molecule has 0 aromatic carbocycles. The molecule has 0 saturated carbocycles. The van der Waals surface area contributed by atoms with Gasteiger partial charge in [0.15, 0.2) is 0 Å². The predicted molar refractivity (Wildman–Crippen MR) is 346 cm³/mol. The van der Waals surface area contributed by atoms with Crippen molar-refractivity contribution < 1.29 is 37.3 Å². The summed E-state index contributed by atoms with van der Waals surface area (Å²) in [4.78, 5) is 37.8. The highest BCUT2D eigenvalue weighted by molar-refractivity contribution is 7.47. The number of esters is 1. The van der Waals surface area contributed by atoms with Crippen LogP contribution in [0.15, 0.2) is 48.6 Å². The minimum atomic E-state index is -4.45. The third kappa shape index (κ3) is 60.6. The molecule has 470 valence electrons. The monoisotopic (exact) mass is 1150 g/mol. The second kappa shape index (κ2) is 60.1. The van der Waals surface area contributed by atoms with E-state index in [1.807, 2.05) is 33.3 Å². The normalized spacial score (nSPS) is 13.8. The number of likely N-dealkylation sites (N-methyl/N-ethyl adjacent to an activating group) is 1. The van der Waals surface area contributed by atoms with Gasteiger partial charge < -0.3 is 19.4 Å². The molecule has 0 aliphatic heterocycles. The number of nitrogens with zero attached hydrogens (tertiary/aromatic N) is 1. The molecular formula is C70H134N2O7P+. The first-order valence-electron chi connectivity index (χ1n) is 34.5. The van der Waals surface area contributed by atoms with Gasteiger partial charge >= 0.3 is 13.8 Å². The Balaban J connectivity index is 4.96. The number of hydrogen-bond acceptors (Lipinski definition) is 6. The Labute approximate surface area is 497 Å². The first-order valence-corrected chi connectivity index (χ1v) is 36.0. The van der Waals surface area contributed by atoms with E-state index in [0.717, 1.165) is 89.9 Å². The van der Waals surface area contributed by atoms with Crippen molar-refractivity contribution in [2.24, 2.45) is 0 Å². The van der Waals surface area contributed by atoms with Crippen molar-refractivity contribution >= 4 is 19.7 Å². The third-order valence-corrected chi connectivity index (χ3v) is 16.5. The second-order valence-electron chi connectivity index (χ2n) is 24.7. The maximum absolute atomic E-state index is 13.5. The number of hydrogen-bond donors (Lipinski definition) is 2. The average Bonchev–Trinajstić information content (AvgIpc) is 3.43. The Kier molecular flexibility index (Phi) is 58.6. The average molecular weight is 1150 g/mol. The maximum Gasteiger partial charge on any atom is 0.472 e. The number of phosphoric ester groups is 1. The summed E-state index contributed by atoms with van der Waals surface area (Å²) in [6.07, 6.45) is 75.7. The van der Waals surface area contributed by atoms with Crippen molar-refractivity contribution in [3.05, 3.63) is 48.6 Å². The van der Waals surface area contributed by atoms with Crippen molar-refractivity contribution in [2.45, 2.75) is 348 Å². The van der Waals surface area contributed by atoms with Crippen LogP contribution in [-0.2, 0) is 27.9 Å². The molecule has 0 aromatic heterocycles. The number of amides is 1. The molecule has 0 aliphatic carbocycles. The minimum absolute atomic E-state index is 0.0384. The van der Waals surface area contributed by atoms with Crippen LogP contribution in [0.3, 0.4) is 0 Å². The summed E-state index contributed by atoms with van der Waals surface area (Å²) >= 11 is 0. The van der Waals surface area contributed by atoms with E-state index in [2.05, 4.69) is 62.5 Å². The zero-order valence-corrected chi connectivity index (χ0v) is 54.7.